The minimum atomic E-state index is -0.460. The number of aryl methyl sites for hydroxylation is 4. The predicted octanol–water partition coefficient (Wildman–Crippen LogP) is 5.87. The van der Waals surface area contributed by atoms with Crippen LogP contribution in [-0.2, 0) is 12.8 Å². The molecular weight excluding hydrogens is 376 g/mol. The Labute approximate surface area is 177 Å². The number of carbonyl (C=O) groups is 2. The fourth-order valence-corrected chi connectivity index (χ4v) is 3.01. The zero-order valence-electron chi connectivity index (χ0n) is 17.8. The molecule has 0 spiro atoms. The molecule has 0 fully saturated rings. The van der Waals surface area contributed by atoms with E-state index in [9.17, 15) is 9.59 Å². The number of rotatable bonds is 6. The summed E-state index contributed by atoms with van der Waals surface area (Å²) in [5.41, 5.74) is 4.73. The van der Waals surface area contributed by atoms with Gasteiger partial charge in [0.05, 0.1) is 11.1 Å². The zero-order chi connectivity index (χ0) is 21.7. The van der Waals surface area contributed by atoms with Gasteiger partial charge < -0.3 is 9.47 Å². The second-order valence-corrected chi connectivity index (χ2v) is 7.26. The SMILES string of the molecule is CCc1ccc(C)c(OC(=O)c2ccc(C(=O)Oc3cc(CC)ccc3C)cc2)c1. The molecule has 0 amide bonds. The summed E-state index contributed by atoms with van der Waals surface area (Å²) in [6.45, 7) is 7.90. The van der Waals surface area contributed by atoms with E-state index in [4.69, 9.17) is 9.47 Å². The average Bonchev–Trinajstić information content (AvgIpc) is 2.76. The zero-order valence-corrected chi connectivity index (χ0v) is 17.8. The van der Waals surface area contributed by atoms with E-state index in [0.29, 0.717) is 22.6 Å². The van der Waals surface area contributed by atoms with Crippen molar-refractivity contribution in [3.63, 3.8) is 0 Å². The molecule has 0 N–H and O–H groups in total. The molecule has 4 heteroatoms. The van der Waals surface area contributed by atoms with Gasteiger partial charge in [-0.15, -0.1) is 0 Å². The van der Waals surface area contributed by atoms with E-state index in [1.165, 1.54) is 0 Å². The van der Waals surface area contributed by atoms with Crippen molar-refractivity contribution in [3.05, 3.63) is 94.0 Å². The van der Waals surface area contributed by atoms with Crippen LogP contribution in [0.3, 0.4) is 0 Å². The van der Waals surface area contributed by atoms with Gasteiger partial charge in [0.15, 0.2) is 0 Å². The maximum Gasteiger partial charge on any atom is 0.343 e. The first-order valence-corrected chi connectivity index (χ1v) is 10.1. The van der Waals surface area contributed by atoms with E-state index < -0.39 is 11.9 Å². The summed E-state index contributed by atoms with van der Waals surface area (Å²) < 4.78 is 11.1. The predicted molar refractivity (Wildman–Crippen MR) is 117 cm³/mol. The van der Waals surface area contributed by atoms with E-state index in [2.05, 4.69) is 0 Å². The Hall–Kier alpha value is -3.40. The molecule has 0 radical (unpaired) electrons. The molecule has 0 aliphatic carbocycles. The van der Waals surface area contributed by atoms with Crippen LogP contribution in [0.25, 0.3) is 0 Å². The summed E-state index contributed by atoms with van der Waals surface area (Å²) in [5.74, 6) is 0.179. The minimum Gasteiger partial charge on any atom is -0.423 e. The second kappa shape index (κ2) is 9.40. The lowest BCUT2D eigenvalue weighted by atomic mass is 10.1. The number of ether oxygens (including phenoxy) is 2. The third-order valence-corrected chi connectivity index (χ3v) is 5.08. The smallest absolute Gasteiger partial charge is 0.343 e. The highest BCUT2D eigenvalue weighted by molar-refractivity contribution is 5.95. The number of esters is 2. The van der Waals surface area contributed by atoms with Crippen LogP contribution in [0.2, 0.25) is 0 Å². The van der Waals surface area contributed by atoms with E-state index in [1.54, 1.807) is 24.3 Å². The Bertz CT molecular complexity index is 978. The van der Waals surface area contributed by atoms with Gasteiger partial charge in [-0.1, -0.05) is 38.1 Å². The Morgan fingerprint density at radius 1 is 0.633 bits per heavy atom. The first-order chi connectivity index (χ1) is 14.4. The quantitative estimate of drug-likeness (QED) is 0.382. The number of benzene rings is 3. The van der Waals surface area contributed by atoms with Gasteiger partial charge in [-0.2, -0.15) is 0 Å². The fourth-order valence-electron chi connectivity index (χ4n) is 3.01. The summed E-state index contributed by atoms with van der Waals surface area (Å²) in [4.78, 5) is 25.0. The molecule has 0 atom stereocenters. The molecule has 0 bridgehead atoms. The highest BCUT2D eigenvalue weighted by Crippen LogP contribution is 2.23. The lowest BCUT2D eigenvalue weighted by Crippen LogP contribution is -2.12. The van der Waals surface area contributed by atoms with Crippen molar-refractivity contribution in [2.24, 2.45) is 0 Å². The van der Waals surface area contributed by atoms with Gasteiger partial charge in [-0.3, -0.25) is 0 Å². The van der Waals surface area contributed by atoms with Crippen molar-refractivity contribution in [1.29, 1.82) is 0 Å². The highest BCUT2D eigenvalue weighted by atomic mass is 16.5. The lowest BCUT2D eigenvalue weighted by Gasteiger charge is -2.10. The van der Waals surface area contributed by atoms with Crippen molar-refractivity contribution in [1.82, 2.24) is 0 Å². The summed E-state index contributed by atoms with van der Waals surface area (Å²) in [5, 5.41) is 0. The van der Waals surface area contributed by atoms with E-state index in [0.717, 1.165) is 35.1 Å². The standard InChI is InChI=1S/C26H26O4/c1-5-19-9-7-17(3)23(15-19)29-25(27)21-11-13-22(14-12-21)26(28)30-24-16-20(6-2)10-8-18(24)4/h7-16H,5-6H2,1-4H3. The van der Waals surface area contributed by atoms with Gasteiger partial charge in [0.2, 0.25) is 0 Å². The summed E-state index contributed by atoms with van der Waals surface area (Å²) >= 11 is 0. The van der Waals surface area contributed by atoms with Gasteiger partial charge in [0.25, 0.3) is 0 Å². The van der Waals surface area contributed by atoms with Gasteiger partial charge in [-0.05, 0) is 85.3 Å². The maximum atomic E-state index is 12.5. The van der Waals surface area contributed by atoms with Crippen LogP contribution >= 0.6 is 0 Å². The molecule has 0 aliphatic rings. The molecule has 3 rings (SSSR count). The molecule has 3 aromatic carbocycles. The Kier molecular flexibility index (Phi) is 6.68. The highest BCUT2D eigenvalue weighted by Gasteiger charge is 2.14. The van der Waals surface area contributed by atoms with E-state index in [1.807, 2.05) is 64.1 Å². The van der Waals surface area contributed by atoms with Gasteiger partial charge in [0, 0.05) is 0 Å². The molecule has 154 valence electrons. The van der Waals surface area contributed by atoms with Crippen LogP contribution < -0.4 is 9.47 Å². The molecule has 4 nitrogen and oxygen atoms in total. The van der Waals surface area contributed by atoms with Crippen molar-refractivity contribution < 1.29 is 19.1 Å². The third kappa shape index (κ3) is 4.95. The van der Waals surface area contributed by atoms with Crippen LogP contribution in [0, 0.1) is 13.8 Å². The van der Waals surface area contributed by atoms with Crippen molar-refractivity contribution in [2.75, 3.05) is 0 Å². The monoisotopic (exact) mass is 402 g/mol. The summed E-state index contributed by atoms with van der Waals surface area (Å²) in [6.07, 6.45) is 1.73. The molecule has 0 saturated heterocycles. The Morgan fingerprint density at radius 2 is 1.00 bits per heavy atom. The minimum absolute atomic E-state index is 0.372. The molecule has 30 heavy (non-hydrogen) atoms. The van der Waals surface area contributed by atoms with Crippen LogP contribution in [-0.4, -0.2) is 11.9 Å². The fraction of sp³-hybridized carbons (Fsp3) is 0.231. The van der Waals surface area contributed by atoms with Crippen molar-refractivity contribution in [2.45, 2.75) is 40.5 Å². The summed E-state index contributed by atoms with van der Waals surface area (Å²) in [6, 6.07) is 18.0. The normalized spacial score (nSPS) is 10.5. The third-order valence-electron chi connectivity index (χ3n) is 5.08. The lowest BCUT2D eigenvalue weighted by molar-refractivity contribution is 0.0719. The number of hydrogen-bond acceptors (Lipinski definition) is 4. The number of carbonyl (C=O) groups excluding carboxylic acids is 2. The van der Waals surface area contributed by atoms with Crippen LogP contribution in [0.4, 0.5) is 0 Å². The number of hydrogen-bond donors (Lipinski definition) is 0. The van der Waals surface area contributed by atoms with Gasteiger partial charge in [-0.25, -0.2) is 9.59 Å². The van der Waals surface area contributed by atoms with E-state index in [-0.39, 0.29) is 0 Å². The van der Waals surface area contributed by atoms with Crippen molar-refractivity contribution in [3.8, 4) is 11.5 Å². The van der Waals surface area contributed by atoms with Gasteiger partial charge in [0.1, 0.15) is 11.5 Å². The molecule has 0 heterocycles. The Balaban J connectivity index is 1.71. The maximum absolute atomic E-state index is 12.5. The topological polar surface area (TPSA) is 52.6 Å². The molecular formula is C26H26O4. The Morgan fingerprint density at radius 3 is 1.33 bits per heavy atom. The van der Waals surface area contributed by atoms with Crippen LogP contribution in [0.5, 0.6) is 11.5 Å². The van der Waals surface area contributed by atoms with Gasteiger partial charge >= 0.3 is 11.9 Å². The summed E-state index contributed by atoms with van der Waals surface area (Å²) in [7, 11) is 0. The molecule has 0 unspecified atom stereocenters. The van der Waals surface area contributed by atoms with Crippen LogP contribution in [0.15, 0.2) is 60.7 Å². The molecule has 3 aromatic rings. The molecule has 0 aliphatic heterocycles. The molecule has 0 aromatic heterocycles. The van der Waals surface area contributed by atoms with Crippen LogP contribution in [0.1, 0.15) is 56.8 Å². The average molecular weight is 402 g/mol. The van der Waals surface area contributed by atoms with Crippen molar-refractivity contribution >= 4 is 11.9 Å². The second-order valence-electron chi connectivity index (χ2n) is 7.26. The molecule has 0 saturated carbocycles. The van der Waals surface area contributed by atoms with E-state index >= 15 is 0 Å². The first kappa shape index (κ1) is 21.3. The first-order valence-electron chi connectivity index (χ1n) is 10.1. The largest absolute Gasteiger partial charge is 0.423 e.